The van der Waals surface area contributed by atoms with Crippen molar-refractivity contribution in [1.82, 2.24) is 5.32 Å². The first kappa shape index (κ1) is 14.0. The second kappa shape index (κ2) is 5.26. The lowest BCUT2D eigenvalue weighted by Gasteiger charge is -2.49. The molecule has 0 saturated carbocycles. The van der Waals surface area contributed by atoms with E-state index >= 15 is 0 Å². The number of piperidine rings is 1. The molecule has 18 heavy (non-hydrogen) atoms. The highest BCUT2D eigenvalue weighted by Crippen LogP contribution is 2.70. The predicted molar refractivity (Wildman–Crippen MR) is 84.7 cm³/mol. The maximum absolute atomic E-state index is 3.52. The summed E-state index contributed by atoms with van der Waals surface area (Å²) in [6, 6.07) is 9.17. The Bertz CT molecular complexity index is 405. The Balaban J connectivity index is 0.000000574. The highest BCUT2D eigenvalue weighted by Gasteiger charge is 2.48. The number of rotatable bonds is 0. The van der Waals surface area contributed by atoms with E-state index in [1.807, 2.05) is 13.8 Å². The third-order valence-electron chi connectivity index (χ3n) is 4.49. The fourth-order valence-electron chi connectivity index (χ4n) is 3.57. The lowest BCUT2D eigenvalue weighted by molar-refractivity contribution is 0.422. The summed E-state index contributed by atoms with van der Waals surface area (Å²) >= 11 is 0. The molecule has 0 bridgehead atoms. The summed E-state index contributed by atoms with van der Waals surface area (Å²) in [5.41, 5.74) is 3.31. The van der Waals surface area contributed by atoms with Crippen LogP contribution in [0.15, 0.2) is 24.3 Å². The average molecular weight is 265 g/mol. The monoisotopic (exact) mass is 265 g/mol. The molecule has 1 aromatic carbocycles. The Labute approximate surface area is 114 Å². The third kappa shape index (κ3) is 2.00. The van der Waals surface area contributed by atoms with E-state index in [9.17, 15) is 0 Å². The van der Waals surface area contributed by atoms with E-state index in [1.54, 1.807) is 11.1 Å². The number of benzene rings is 1. The first-order valence-electron chi connectivity index (χ1n) is 7.15. The standard InChI is InChI=1S/C14H21NS.C2H6/c1-16(2)11-12-5-3-4-6-13(12)14(16)7-9-15-10-8-14;1-2/h3-6,15H,7-11H2,1-2H3;1-2H3. The van der Waals surface area contributed by atoms with Gasteiger partial charge in [0.05, 0.1) is 0 Å². The van der Waals surface area contributed by atoms with E-state index in [2.05, 4.69) is 42.1 Å². The topological polar surface area (TPSA) is 12.0 Å². The highest BCUT2D eigenvalue weighted by molar-refractivity contribution is 8.33. The molecule has 1 N–H and O–H groups in total. The minimum atomic E-state index is -0.509. The van der Waals surface area contributed by atoms with Gasteiger partial charge < -0.3 is 5.32 Å². The van der Waals surface area contributed by atoms with Gasteiger partial charge in [0.15, 0.2) is 0 Å². The van der Waals surface area contributed by atoms with Crippen molar-refractivity contribution in [2.75, 3.05) is 25.6 Å². The van der Waals surface area contributed by atoms with Gasteiger partial charge >= 0.3 is 0 Å². The van der Waals surface area contributed by atoms with Crippen molar-refractivity contribution in [3.05, 3.63) is 35.4 Å². The molecule has 0 amide bonds. The van der Waals surface area contributed by atoms with E-state index < -0.39 is 10.0 Å². The Morgan fingerprint density at radius 3 is 2.33 bits per heavy atom. The van der Waals surface area contributed by atoms with Gasteiger partial charge in [-0.25, -0.2) is 10.0 Å². The molecule has 0 radical (unpaired) electrons. The maximum Gasteiger partial charge on any atom is 0.0279 e. The van der Waals surface area contributed by atoms with Crippen molar-refractivity contribution in [2.24, 2.45) is 0 Å². The molecule has 102 valence electrons. The molecule has 2 aliphatic heterocycles. The molecule has 1 saturated heterocycles. The molecule has 3 rings (SSSR count). The van der Waals surface area contributed by atoms with Crippen molar-refractivity contribution in [3.8, 4) is 0 Å². The number of hydrogen-bond donors (Lipinski definition) is 1. The fraction of sp³-hybridized carbons (Fsp3) is 0.625. The van der Waals surface area contributed by atoms with Crippen molar-refractivity contribution < 1.29 is 0 Å². The molecule has 0 aromatic heterocycles. The molecule has 2 heterocycles. The zero-order chi connectivity index (χ0) is 13.2. The van der Waals surface area contributed by atoms with E-state index in [-0.39, 0.29) is 0 Å². The molecule has 1 fully saturated rings. The van der Waals surface area contributed by atoms with Crippen LogP contribution in [-0.2, 0) is 10.5 Å². The van der Waals surface area contributed by atoms with Crippen molar-refractivity contribution in [2.45, 2.75) is 37.2 Å². The van der Waals surface area contributed by atoms with E-state index in [1.165, 1.54) is 31.7 Å². The Kier molecular flexibility index (Phi) is 4.08. The summed E-state index contributed by atoms with van der Waals surface area (Å²) in [4.78, 5) is 0. The quantitative estimate of drug-likeness (QED) is 0.751. The Morgan fingerprint density at radius 1 is 1.06 bits per heavy atom. The van der Waals surface area contributed by atoms with Crippen LogP contribution in [0.2, 0.25) is 0 Å². The zero-order valence-electron chi connectivity index (χ0n) is 12.3. The van der Waals surface area contributed by atoms with Crippen LogP contribution in [0, 0.1) is 0 Å². The van der Waals surface area contributed by atoms with Gasteiger partial charge in [0.1, 0.15) is 0 Å². The van der Waals surface area contributed by atoms with E-state index in [0.717, 1.165) is 0 Å². The summed E-state index contributed by atoms with van der Waals surface area (Å²) in [5, 5.41) is 3.52. The third-order valence-corrected chi connectivity index (χ3v) is 8.27. The molecule has 0 aliphatic carbocycles. The smallest absolute Gasteiger partial charge is 0.0279 e. The minimum Gasteiger partial charge on any atom is -0.317 e. The van der Waals surface area contributed by atoms with Crippen molar-refractivity contribution in [1.29, 1.82) is 0 Å². The zero-order valence-corrected chi connectivity index (χ0v) is 13.1. The van der Waals surface area contributed by atoms with Crippen LogP contribution >= 0.6 is 10.0 Å². The largest absolute Gasteiger partial charge is 0.317 e. The van der Waals surface area contributed by atoms with Crippen molar-refractivity contribution >= 4 is 10.0 Å². The van der Waals surface area contributed by atoms with Gasteiger partial charge in [-0.15, -0.1) is 0 Å². The van der Waals surface area contributed by atoms with Crippen LogP contribution in [-0.4, -0.2) is 25.6 Å². The lowest BCUT2D eigenvalue weighted by Crippen LogP contribution is -2.40. The van der Waals surface area contributed by atoms with Gasteiger partial charge in [0, 0.05) is 10.5 Å². The normalized spacial score (nSPS) is 24.9. The van der Waals surface area contributed by atoms with Gasteiger partial charge in [-0.3, -0.25) is 0 Å². The molecule has 1 spiro atoms. The van der Waals surface area contributed by atoms with Gasteiger partial charge in [0.2, 0.25) is 0 Å². The van der Waals surface area contributed by atoms with Crippen LogP contribution in [0.4, 0.5) is 0 Å². The molecule has 0 atom stereocenters. The van der Waals surface area contributed by atoms with Crippen LogP contribution < -0.4 is 5.32 Å². The highest BCUT2D eigenvalue weighted by atomic mass is 32.3. The van der Waals surface area contributed by atoms with Crippen LogP contribution in [0.3, 0.4) is 0 Å². The first-order valence-corrected chi connectivity index (χ1v) is 9.77. The summed E-state index contributed by atoms with van der Waals surface area (Å²) < 4.78 is 0.523. The maximum atomic E-state index is 3.52. The lowest BCUT2D eigenvalue weighted by atomic mass is 9.87. The SMILES string of the molecule is CC.CS1(C)Cc2ccccc2C12CCNCC2. The second-order valence-electron chi connectivity index (χ2n) is 5.58. The van der Waals surface area contributed by atoms with Gasteiger partial charge in [-0.05, 0) is 49.6 Å². The van der Waals surface area contributed by atoms with Crippen LogP contribution in [0.5, 0.6) is 0 Å². The molecule has 0 unspecified atom stereocenters. The fourth-order valence-corrected chi connectivity index (χ4v) is 6.98. The van der Waals surface area contributed by atoms with E-state index in [4.69, 9.17) is 0 Å². The Morgan fingerprint density at radius 2 is 1.67 bits per heavy atom. The predicted octanol–water partition coefficient (Wildman–Crippen LogP) is 3.87. The Hall–Kier alpha value is -0.470. The molecule has 1 aromatic rings. The molecule has 2 heteroatoms. The molecule has 1 nitrogen and oxygen atoms in total. The van der Waals surface area contributed by atoms with Crippen LogP contribution in [0.25, 0.3) is 0 Å². The summed E-state index contributed by atoms with van der Waals surface area (Å²) in [7, 11) is -0.509. The summed E-state index contributed by atoms with van der Waals surface area (Å²) in [5.74, 6) is 1.34. The van der Waals surface area contributed by atoms with Crippen LogP contribution in [0.1, 0.15) is 37.8 Å². The molecular weight excluding hydrogens is 238 g/mol. The number of nitrogens with one attached hydrogen (secondary N) is 1. The summed E-state index contributed by atoms with van der Waals surface area (Å²) in [6.07, 6.45) is 7.76. The average Bonchev–Trinajstić information content (AvgIpc) is 2.62. The van der Waals surface area contributed by atoms with Crippen molar-refractivity contribution in [3.63, 3.8) is 0 Å². The molecular formula is C16H27NS. The number of fused-ring (bicyclic) bond motifs is 2. The first-order chi connectivity index (χ1) is 8.66. The van der Waals surface area contributed by atoms with Gasteiger partial charge in [-0.1, -0.05) is 38.1 Å². The summed E-state index contributed by atoms with van der Waals surface area (Å²) in [6.45, 7) is 6.40. The molecule has 2 aliphatic rings. The van der Waals surface area contributed by atoms with Gasteiger partial charge in [-0.2, -0.15) is 0 Å². The van der Waals surface area contributed by atoms with Gasteiger partial charge in [0.25, 0.3) is 0 Å². The second-order valence-corrected chi connectivity index (χ2v) is 9.73. The number of hydrogen-bond acceptors (Lipinski definition) is 1. The minimum absolute atomic E-state index is 0.509. The van der Waals surface area contributed by atoms with E-state index in [0.29, 0.717) is 4.75 Å².